The lowest BCUT2D eigenvalue weighted by atomic mass is 9.82. The summed E-state index contributed by atoms with van der Waals surface area (Å²) in [6, 6.07) is 22.0. The van der Waals surface area contributed by atoms with Crippen molar-refractivity contribution >= 4 is 58.3 Å². The standard InChI is InChI=1S/C42H52BrN3O6Si/c1-28-40(53(3,4)34-18-16-33(51-2)17-19-34)37(25-39(49)45-22-10-13-32(45)27-47)52-42(28)35-24-30(43)15-20-36(35)46(41(42)50)26-29-11-9-12-31(23-29)44-21-8-6-5-7-14-38(44)48/h9,11-12,15-20,23-24,28,32,37,40,47H,5-8,10,13-14,21-22,25-27H2,1-4H3/t28-,32+,37+,40-,42+/m1/s1. The number of likely N-dealkylation sites (tertiary alicyclic amines) is 1. The van der Waals surface area contributed by atoms with Crippen LogP contribution in [-0.2, 0) is 31.3 Å². The van der Waals surface area contributed by atoms with Crippen LogP contribution in [0.25, 0.3) is 0 Å². The van der Waals surface area contributed by atoms with Crippen LogP contribution in [-0.4, -0.2) is 74.8 Å². The maximum atomic E-state index is 15.3. The molecule has 3 fully saturated rings. The van der Waals surface area contributed by atoms with E-state index in [-0.39, 0.29) is 48.3 Å². The normalized spacial score (nSPS) is 26.3. The van der Waals surface area contributed by atoms with Crippen molar-refractivity contribution in [2.75, 3.05) is 36.6 Å². The van der Waals surface area contributed by atoms with Crippen LogP contribution in [0.2, 0.25) is 18.6 Å². The molecule has 0 bridgehead atoms. The van der Waals surface area contributed by atoms with Crippen LogP contribution in [0.5, 0.6) is 5.75 Å². The van der Waals surface area contributed by atoms with Gasteiger partial charge in [0.05, 0.1) is 52.6 Å². The predicted molar refractivity (Wildman–Crippen MR) is 213 cm³/mol. The molecule has 5 atom stereocenters. The Balaban J connectivity index is 1.27. The molecule has 0 saturated carbocycles. The fourth-order valence-electron chi connectivity index (χ4n) is 9.72. The van der Waals surface area contributed by atoms with Crippen LogP contribution in [0.4, 0.5) is 11.4 Å². The summed E-state index contributed by atoms with van der Waals surface area (Å²) in [5.74, 6) is 0.511. The molecular weight excluding hydrogens is 750 g/mol. The molecular formula is C42H52BrN3O6Si. The molecule has 0 radical (unpaired) electrons. The highest BCUT2D eigenvalue weighted by Crippen LogP contribution is 2.60. The number of methoxy groups -OCH3 is 1. The Kier molecular flexibility index (Phi) is 10.9. The number of fused-ring (bicyclic) bond motifs is 2. The van der Waals surface area contributed by atoms with Crippen LogP contribution in [0, 0.1) is 5.92 Å². The molecule has 4 heterocycles. The predicted octanol–water partition coefficient (Wildman–Crippen LogP) is 6.89. The highest BCUT2D eigenvalue weighted by Gasteiger charge is 2.66. The van der Waals surface area contributed by atoms with Crippen LogP contribution < -0.4 is 19.7 Å². The molecule has 53 heavy (non-hydrogen) atoms. The van der Waals surface area contributed by atoms with Crippen molar-refractivity contribution in [3.8, 4) is 5.75 Å². The van der Waals surface area contributed by atoms with E-state index in [0.717, 1.165) is 71.2 Å². The fraction of sp³-hybridized carbons (Fsp3) is 0.500. The van der Waals surface area contributed by atoms with E-state index in [1.165, 1.54) is 5.19 Å². The van der Waals surface area contributed by atoms with E-state index in [0.29, 0.717) is 26.1 Å². The molecule has 0 aliphatic carbocycles. The molecule has 3 aromatic rings. The van der Waals surface area contributed by atoms with Crippen molar-refractivity contribution in [1.82, 2.24) is 4.90 Å². The summed E-state index contributed by atoms with van der Waals surface area (Å²) in [5.41, 5.74) is 2.02. The van der Waals surface area contributed by atoms with E-state index in [1.54, 1.807) is 7.11 Å². The average molecular weight is 803 g/mol. The van der Waals surface area contributed by atoms with Crippen LogP contribution in [0.15, 0.2) is 71.2 Å². The zero-order valence-electron chi connectivity index (χ0n) is 31.4. The molecule has 282 valence electrons. The van der Waals surface area contributed by atoms with Crippen molar-refractivity contribution in [2.24, 2.45) is 5.92 Å². The minimum absolute atomic E-state index is 0.0346. The first-order chi connectivity index (χ1) is 25.5. The molecule has 1 N–H and O–H groups in total. The number of hydrogen-bond acceptors (Lipinski definition) is 6. The number of ether oxygens (including phenoxy) is 2. The van der Waals surface area contributed by atoms with Gasteiger partial charge in [-0.05, 0) is 79.3 Å². The number of carbonyl (C=O) groups excluding carboxylic acids is 3. The first-order valence-electron chi connectivity index (χ1n) is 19.2. The number of carbonyl (C=O) groups is 3. The van der Waals surface area contributed by atoms with Gasteiger partial charge in [-0.1, -0.05) is 78.2 Å². The van der Waals surface area contributed by atoms with Crippen molar-refractivity contribution in [2.45, 2.75) is 101 Å². The summed E-state index contributed by atoms with van der Waals surface area (Å²) in [6.07, 6.45) is 5.91. The Labute approximate surface area is 322 Å². The molecule has 7 rings (SSSR count). The second-order valence-electron chi connectivity index (χ2n) is 15.9. The largest absolute Gasteiger partial charge is 0.497 e. The molecule has 3 amide bonds. The average Bonchev–Trinajstić information content (AvgIpc) is 3.80. The first kappa shape index (κ1) is 37.8. The molecule has 3 aromatic carbocycles. The number of amides is 3. The lowest BCUT2D eigenvalue weighted by Crippen LogP contribution is -2.52. The third kappa shape index (κ3) is 6.87. The molecule has 3 saturated heterocycles. The summed E-state index contributed by atoms with van der Waals surface area (Å²) < 4.78 is 13.6. The number of hydrogen-bond donors (Lipinski definition) is 1. The molecule has 9 nitrogen and oxygen atoms in total. The van der Waals surface area contributed by atoms with Gasteiger partial charge < -0.3 is 29.3 Å². The number of halogens is 1. The summed E-state index contributed by atoms with van der Waals surface area (Å²) in [5, 5.41) is 11.3. The number of benzene rings is 3. The number of anilines is 2. The van der Waals surface area contributed by atoms with Gasteiger partial charge >= 0.3 is 0 Å². The topological polar surface area (TPSA) is 99.6 Å². The van der Waals surface area contributed by atoms with E-state index < -0.39 is 19.8 Å². The monoisotopic (exact) mass is 801 g/mol. The van der Waals surface area contributed by atoms with Gasteiger partial charge in [-0.25, -0.2) is 0 Å². The number of nitrogens with zero attached hydrogens (tertiary/aromatic N) is 3. The molecule has 0 aromatic heterocycles. The highest BCUT2D eigenvalue weighted by atomic mass is 79.9. The number of aliphatic hydroxyl groups excluding tert-OH is 1. The van der Waals surface area contributed by atoms with Gasteiger partial charge in [0.25, 0.3) is 5.91 Å². The maximum absolute atomic E-state index is 15.3. The Bertz CT molecular complexity index is 1850. The zero-order valence-corrected chi connectivity index (χ0v) is 33.9. The minimum atomic E-state index is -2.46. The molecule has 0 unspecified atom stereocenters. The van der Waals surface area contributed by atoms with Gasteiger partial charge in [0.2, 0.25) is 11.8 Å². The van der Waals surface area contributed by atoms with E-state index in [4.69, 9.17) is 9.47 Å². The van der Waals surface area contributed by atoms with Crippen molar-refractivity contribution in [3.05, 3.63) is 82.3 Å². The lowest BCUT2D eigenvalue weighted by Gasteiger charge is -2.37. The van der Waals surface area contributed by atoms with Crippen LogP contribution in [0.1, 0.15) is 69.4 Å². The third-order valence-corrected chi connectivity index (χ3v) is 17.3. The molecule has 1 spiro atoms. The Morgan fingerprint density at radius 2 is 1.77 bits per heavy atom. The van der Waals surface area contributed by atoms with Crippen LogP contribution >= 0.6 is 15.9 Å². The summed E-state index contributed by atoms with van der Waals surface area (Å²) in [4.78, 5) is 48.1. The van der Waals surface area contributed by atoms with Gasteiger partial charge in [0, 0.05) is 41.2 Å². The van der Waals surface area contributed by atoms with Gasteiger partial charge in [-0.2, -0.15) is 0 Å². The first-order valence-corrected chi connectivity index (χ1v) is 23.1. The fourth-order valence-corrected chi connectivity index (χ4v) is 14.1. The Morgan fingerprint density at radius 1 is 1.00 bits per heavy atom. The Morgan fingerprint density at radius 3 is 2.53 bits per heavy atom. The van der Waals surface area contributed by atoms with Crippen LogP contribution in [0.3, 0.4) is 0 Å². The SMILES string of the molecule is COc1ccc([Si](C)(C)[C@H]2[C@H](CC(=O)N3CCC[C@H]3CO)O[C@@]3(C(=O)N(Cc4cccc(N5CCCCCCC5=O)c4)c4ccc(Br)cc43)[C@@H]2C)cc1. The van der Waals surface area contributed by atoms with Crippen molar-refractivity contribution in [3.63, 3.8) is 0 Å². The molecule has 4 aliphatic rings. The second-order valence-corrected chi connectivity index (χ2v) is 21.5. The van der Waals surface area contributed by atoms with Gasteiger partial charge in [-0.3, -0.25) is 14.4 Å². The van der Waals surface area contributed by atoms with Crippen molar-refractivity contribution < 1.29 is 29.0 Å². The lowest BCUT2D eigenvalue weighted by molar-refractivity contribution is -0.150. The van der Waals surface area contributed by atoms with E-state index in [1.807, 2.05) is 69.3 Å². The number of rotatable bonds is 9. The highest BCUT2D eigenvalue weighted by molar-refractivity contribution is 9.10. The van der Waals surface area contributed by atoms with Gasteiger partial charge in [0.15, 0.2) is 5.60 Å². The zero-order chi connectivity index (χ0) is 37.5. The van der Waals surface area contributed by atoms with E-state index in [2.05, 4.69) is 48.1 Å². The summed E-state index contributed by atoms with van der Waals surface area (Å²) in [6.45, 7) is 8.35. The quantitative estimate of drug-likeness (QED) is 0.237. The second kappa shape index (κ2) is 15.3. The number of aliphatic hydroxyl groups is 1. The van der Waals surface area contributed by atoms with E-state index >= 15 is 4.79 Å². The van der Waals surface area contributed by atoms with Gasteiger partial charge in [0.1, 0.15) is 5.75 Å². The summed E-state index contributed by atoms with van der Waals surface area (Å²) >= 11 is 3.70. The van der Waals surface area contributed by atoms with Gasteiger partial charge in [-0.15, -0.1) is 0 Å². The maximum Gasteiger partial charge on any atom is 0.264 e. The molecule has 4 aliphatic heterocycles. The van der Waals surface area contributed by atoms with E-state index in [9.17, 15) is 14.7 Å². The minimum Gasteiger partial charge on any atom is -0.497 e. The summed E-state index contributed by atoms with van der Waals surface area (Å²) in [7, 11) is -0.796. The van der Waals surface area contributed by atoms with Crippen molar-refractivity contribution in [1.29, 1.82) is 0 Å². The Hall–Kier alpha value is -3.51. The smallest absolute Gasteiger partial charge is 0.264 e. The third-order valence-electron chi connectivity index (χ3n) is 12.5. The molecule has 11 heteroatoms.